The largest absolute Gasteiger partial charge is 0.489 e. The third-order valence-corrected chi connectivity index (χ3v) is 3.12. The fraction of sp³-hybridized carbons (Fsp3) is 0.571. The Kier molecular flexibility index (Phi) is 3.27. The molecule has 19 heavy (non-hydrogen) atoms. The first-order chi connectivity index (χ1) is 8.58. The highest BCUT2D eigenvalue weighted by Gasteiger charge is 2.47. The Labute approximate surface area is 109 Å². The highest BCUT2D eigenvalue weighted by molar-refractivity contribution is 5.40. The number of alkyl halides is 2. The predicted molar refractivity (Wildman–Crippen MR) is 63.7 cm³/mol. The van der Waals surface area contributed by atoms with Crippen molar-refractivity contribution in [1.82, 2.24) is 0 Å². The fourth-order valence-electron chi connectivity index (χ4n) is 2.24. The van der Waals surface area contributed by atoms with Gasteiger partial charge in [-0.2, -0.15) is 0 Å². The molecule has 0 spiro atoms. The Morgan fingerprint density at radius 1 is 1.16 bits per heavy atom. The fourth-order valence-corrected chi connectivity index (χ4v) is 2.24. The number of hydrogen-bond acceptors (Lipinski definition) is 1. The van der Waals surface area contributed by atoms with Gasteiger partial charge in [0.25, 0.3) is 5.92 Å². The van der Waals surface area contributed by atoms with Gasteiger partial charge in [-0.1, -0.05) is 20.8 Å². The molecule has 0 aliphatic heterocycles. The maximum atomic E-state index is 13.9. The number of ether oxygens (including phenoxy) is 1. The summed E-state index contributed by atoms with van der Waals surface area (Å²) in [5.74, 6) is -4.19. The van der Waals surface area contributed by atoms with Gasteiger partial charge in [-0.3, -0.25) is 0 Å². The van der Waals surface area contributed by atoms with Crippen LogP contribution in [0.25, 0.3) is 0 Å². The lowest BCUT2D eigenvalue weighted by atomic mass is 9.85. The van der Waals surface area contributed by atoms with E-state index in [-0.39, 0.29) is 11.3 Å². The molecule has 1 aliphatic carbocycles. The van der Waals surface area contributed by atoms with Gasteiger partial charge in [0, 0.05) is 30.5 Å². The number of halogens is 4. The van der Waals surface area contributed by atoms with Crippen molar-refractivity contribution < 1.29 is 22.3 Å². The summed E-state index contributed by atoms with van der Waals surface area (Å²) >= 11 is 0. The van der Waals surface area contributed by atoms with Crippen molar-refractivity contribution in [3.05, 3.63) is 29.3 Å². The first-order valence-electron chi connectivity index (χ1n) is 6.12. The van der Waals surface area contributed by atoms with Crippen molar-refractivity contribution in [2.45, 2.75) is 51.1 Å². The van der Waals surface area contributed by atoms with Crippen LogP contribution in [0.1, 0.15) is 39.2 Å². The molecule has 0 amide bonds. The Balaban J connectivity index is 2.29. The smallest absolute Gasteiger partial charge is 0.255 e. The van der Waals surface area contributed by atoms with Gasteiger partial charge < -0.3 is 4.74 Å². The summed E-state index contributed by atoms with van der Waals surface area (Å²) in [6.45, 7) is 5.27. The molecule has 0 saturated heterocycles. The predicted octanol–water partition coefficient (Wildman–Crippen LogP) is 4.44. The van der Waals surface area contributed by atoms with Crippen molar-refractivity contribution in [3.63, 3.8) is 0 Å². The van der Waals surface area contributed by atoms with Crippen LogP contribution in [0.2, 0.25) is 0 Å². The van der Waals surface area contributed by atoms with Crippen molar-refractivity contribution in [2.24, 2.45) is 0 Å². The second-order valence-electron chi connectivity index (χ2n) is 6.01. The lowest BCUT2D eigenvalue weighted by Gasteiger charge is -2.36. The molecule has 0 bridgehead atoms. The standard InChI is InChI=1S/C14H16F4O/c1-13(2,3)12-10(16)4-8(15)5-11(12)19-9-6-14(17,18)7-9/h4-5,9H,6-7H2,1-3H3. The molecule has 106 valence electrons. The number of rotatable bonds is 2. The van der Waals surface area contributed by atoms with E-state index in [0.29, 0.717) is 0 Å². The molecule has 1 fully saturated rings. The first kappa shape index (κ1) is 14.2. The first-order valence-corrected chi connectivity index (χ1v) is 6.12. The molecule has 1 saturated carbocycles. The third kappa shape index (κ3) is 3.01. The van der Waals surface area contributed by atoms with Gasteiger partial charge >= 0.3 is 0 Å². The second-order valence-corrected chi connectivity index (χ2v) is 6.01. The molecule has 0 unspecified atom stereocenters. The van der Waals surface area contributed by atoms with Crippen molar-refractivity contribution in [2.75, 3.05) is 0 Å². The van der Waals surface area contributed by atoms with Gasteiger partial charge in [-0.05, 0) is 5.41 Å². The highest BCUT2D eigenvalue weighted by atomic mass is 19.3. The van der Waals surface area contributed by atoms with Gasteiger partial charge in [0.05, 0.1) is 0 Å². The average Bonchev–Trinajstić information content (AvgIpc) is 2.10. The number of hydrogen-bond donors (Lipinski definition) is 0. The maximum Gasteiger partial charge on any atom is 0.255 e. The molecule has 1 nitrogen and oxygen atoms in total. The molecule has 0 aromatic heterocycles. The molecule has 0 radical (unpaired) electrons. The van der Waals surface area contributed by atoms with Gasteiger partial charge in [0.15, 0.2) is 0 Å². The van der Waals surface area contributed by atoms with E-state index < -0.39 is 41.9 Å². The SMILES string of the molecule is CC(C)(C)c1c(F)cc(F)cc1OC1CC(F)(F)C1. The third-order valence-electron chi connectivity index (χ3n) is 3.12. The molecule has 1 aromatic rings. The second kappa shape index (κ2) is 4.39. The van der Waals surface area contributed by atoms with Crippen LogP contribution in [-0.4, -0.2) is 12.0 Å². The molecular formula is C14H16F4O. The van der Waals surface area contributed by atoms with Crippen LogP contribution < -0.4 is 4.74 Å². The quantitative estimate of drug-likeness (QED) is 0.726. The summed E-state index contributed by atoms with van der Waals surface area (Å²) in [6, 6.07) is 1.84. The summed E-state index contributed by atoms with van der Waals surface area (Å²) in [5.41, 5.74) is -0.386. The van der Waals surface area contributed by atoms with Gasteiger partial charge in [0.1, 0.15) is 23.5 Å². The monoisotopic (exact) mass is 276 g/mol. The van der Waals surface area contributed by atoms with Crippen LogP contribution in [0, 0.1) is 11.6 Å². The van der Waals surface area contributed by atoms with Crippen LogP contribution in [0.3, 0.4) is 0 Å². The lowest BCUT2D eigenvalue weighted by molar-refractivity contribution is -0.134. The summed E-state index contributed by atoms with van der Waals surface area (Å²) in [5, 5.41) is 0. The van der Waals surface area contributed by atoms with E-state index in [9.17, 15) is 17.6 Å². The number of benzene rings is 1. The Morgan fingerprint density at radius 2 is 1.74 bits per heavy atom. The van der Waals surface area contributed by atoms with Crippen molar-refractivity contribution in [3.8, 4) is 5.75 Å². The molecule has 2 rings (SSSR count). The molecule has 0 heterocycles. The molecule has 1 aromatic carbocycles. The van der Waals surface area contributed by atoms with E-state index in [1.807, 2.05) is 0 Å². The van der Waals surface area contributed by atoms with Crippen molar-refractivity contribution in [1.29, 1.82) is 0 Å². The van der Waals surface area contributed by atoms with Crippen LogP contribution in [-0.2, 0) is 5.41 Å². The van der Waals surface area contributed by atoms with Gasteiger partial charge in [0.2, 0.25) is 0 Å². The average molecular weight is 276 g/mol. The zero-order chi connectivity index (χ0) is 14.4. The minimum absolute atomic E-state index is 0.0190. The van der Waals surface area contributed by atoms with E-state index >= 15 is 0 Å². The minimum Gasteiger partial charge on any atom is -0.489 e. The van der Waals surface area contributed by atoms with E-state index in [0.717, 1.165) is 12.1 Å². The molecule has 0 N–H and O–H groups in total. The van der Waals surface area contributed by atoms with E-state index in [1.54, 1.807) is 20.8 Å². The normalized spacial score (nSPS) is 19.1. The molecule has 0 atom stereocenters. The molecule has 5 heteroatoms. The summed E-state index contributed by atoms with van der Waals surface area (Å²) in [4.78, 5) is 0. The van der Waals surface area contributed by atoms with Gasteiger partial charge in [-0.25, -0.2) is 17.6 Å². The van der Waals surface area contributed by atoms with Crippen LogP contribution in [0.5, 0.6) is 5.75 Å². The van der Waals surface area contributed by atoms with Gasteiger partial charge in [-0.15, -0.1) is 0 Å². The Morgan fingerprint density at radius 3 is 2.21 bits per heavy atom. The minimum atomic E-state index is -2.72. The zero-order valence-corrected chi connectivity index (χ0v) is 11.1. The van der Waals surface area contributed by atoms with E-state index in [1.165, 1.54) is 0 Å². The summed E-state index contributed by atoms with van der Waals surface area (Å²) < 4.78 is 58.0. The molecular weight excluding hydrogens is 260 g/mol. The summed E-state index contributed by atoms with van der Waals surface area (Å²) in [7, 11) is 0. The maximum absolute atomic E-state index is 13.9. The Hall–Kier alpha value is -1.26. The topological polar surface area (TPSA) is 9.23 Å². The molecule has 1 aliphatic rings. The zero-order valence-electron chi connectivity index (χ0n) is 11.1. The lowest BCUT2D eigenvalue weighted by Crippen LogP contribution is -2.43. The highest BCUT2D eigenvalue weighted by Crippen LogP contribution is 2.42. The van der Waals surface area contributed by atoms with Crippen LogP contribution in [0.15, 0.2) is 12.1 Å². The van der Waals surface area contributed by atoms with E-state index in [2.05, 4.69) is 0 Å². The summed E-state index contributed by atoms with van der Waals surface area (Å²) in [6.07, 6.45) is -1.50. The Bertz CT molecular complexity index is 483. The van der Waals surface area contributed by atoms with E-state index in [4.69, 9.17) is 4.74 Å². The van der Waals surface area contributed by atoms with Crippen LogP contribution in [0.4, 0.5) is 17.6 Å². The van der Waals surface area contributed by atoms with Crippen molar-refractivity contribution >= 4 is 0 Å². The van der Waals surface area contributed by atoms with Crippen LogP contribution >= 0.6 is 0 Å².